The highest BCUT2D eigenvalue weighted by atomic mass is 19.1. The number of rotatable bonds is 3. The number of nitrogens with zero attached hydrogens (tertiary/aromatic N) is 2. The fourth-order valence-corrected chi connectivity index (χ4v) is 4.01. The Bertz CT molecular complexity index is 886. The maximum absolute atomic E-state index is 14.2. The third-order valence-electron chi connectivity index (χ3n) is 5.40. The Balaban J connectivity index is 1.71. The molecule has 0 aromatic heterocycles. The summed E-state index contributed by atoms with van der Waals surface area (Å²) in [5, 5.41) is 0. The highest BCUT2D eigenvalue weighted by Gasteiger charge is 2.41. The topological polar surface area (TPSA) is 32.8 Å². The van der Waals surface area contributed by atoms with E-state index in [1.54, 1.807) is 23.1 Å². The Kier molecular flexibility index (Phi) is 4.60. The number of hydrogen-bond donors (Lipinski definition) is 0. The highest BCUT2D eigenvalue weighted by molar-refractivity contribution is 5.98. The predicted molar refractivity (Wildman–Crippen MR) is 98.8 cm³/mol. The summed E-state index contributed by atoms with van der Waals surface area (Å²) >= 11 is 0. The van der Waals surface area contributed by atoms with Gasteiger partial charge in [-0.3, -0.25) is 9.69 Å². The minimum atomic E-state index is -0.639. The molecule has 27 heavy (non-hydrogen) atoms. The molecular weight excluding hydrogens is 350 g/mol. The van der Waals surface area contributed by atoms with E-state index in [1.165, 1.54) is 12.1 Å². The van der Waals surface area contributed by atoms with Crippen molar-refractivity contribution in [2.45, 2.75) is 25.5 Å². The fraction of sp³-hybridized carbons (Fsp3) is 0.381. The zero-order chi connectivity index (χ0) is 19.1. The number of hydrogen-bond acceptors (Lipinski definition) is 3. The van der Waals surface area contributed by atoms with E-state index < -0.39 is 11.6 Å². The number of likely N-dealkylation sites (tertiary alicyclic amines) is 1. The fourth-order valence-electron chi connectivity index (χ4n) is 4.01. The number of fused-ring (bicyclic) bond motifs is 2. The maximum atomic E-state index is 14.2. The van der Waals surface area contributed by atoms with Crippen molar-refractivity contribution in [2.24, 2.45) is 0 Å². The van der Waals surface area contributed by atoms with Gasteiger partial charge in [0, 0.05) is 31.8 Å². The summed E-state index contributed by atoms with van der Waals surface area (Å²) in [6, 6.07) is 8.49. The largest absolute Gasteiger partial charge is 0.486 e. The Morgan fingerprint density at radius 3 is 2.63 bits per heavy atom. The molecule has 0 saturated carbocycles. The van der Waals surface area contributed by atoms with Crippen molar-refractivity contribution in [3.63, 3.8) is 0 Å². The van der Waals surface area contributed by atoms with Gasteiger partial charge in [-0.1, -0.05) is 13.0 Å². The van der Waals surface area contributed by atoms with Gasteiger partial charge in [0.1, 0.15) is 23.5 Å². The number of ether oxygens (including phenoxy) is 1. The Labute approximate surface area is 157 Å². The molecule has 1 fully saturated rings. The molecule has 0 N–H and O–H groups in total. The van der Waals surface area contributed by atoms with Crippen LogP contribution in [0, 0.1) is 11.6 Å². The van der Waals surface area contributed by atoms with Crippen molar-refractivity contribution in [3.8, 4) is 16.9 Å². The van der Waals surface area contributed by atoms with Crippen LogP contribution in [0.4, 0.5) is 8.78 Å². The van der Waals surface area contributed by atoms with E-state index in [1.807, 2.05) is 7.05 Å². The lowest BCUT2D eigenvalue weighted by Crippen LogP contribution is -2.44. The molecule has 0 radical (unpaired) electrons. The molecule has 1 amide bonds. The van der Waals surface area contributed by atoms with Gasteiger partial charge in [-0.2, -0.15) is 0 Å². The first-order chi connectivity index (χ1) is 13.0. The third kappa shape index (κ3) is 3.18. The molecule has 142 valence electrons. The lowest BCUT2D eigenvalue weighted by Gasteiger charge is -2.25. The van der Waals surface area contributed by atoms with Crippen molar-refractivity contribution < 1.29 is 18.3 Å². The van der Waals surface area contributed by atoms with Crippen molar-refractivity contribution in [1.82, 2.24) is 9.80 Å². The number of benzene rings is 2. The standard InChI is InChI=1S/C21H22F2N2O2/c1-3-8-25-11-18-20(12-25)27-19-9-13(4-6-16(19)21(26)24(18)2)15-7-5-14(22)10-17(15)23/h4-7,9-10,18,20H,3,8,11-12H2,1-2H3/t18-,20+/m1/s1. The van der Waals surface area contributed by atoms with Gasteiger partial charge in [-0.15, -0.1) is 0 Å². The van der Waals surface area contributed by atoms with Crippen LogP contribution in [-0.4, -0.2) is 54.5 Å². The SMILES string of the molecule is CCCN1C[C@@H]2Oc3cc(-c4ccc(F)cc4F)ccc3C(=O)N(C)[C@@H]2C1. The first-order valence-electron chi connectivity index (χ1n) is 9.23. The quantitative estimate of drug-likeness (QED) is 0.826. The van der Waals surface area contributed by atoms with Crippen molar-refractivity contribution in [3.05, 3.63) is 53.6 Å². The van der Waals surface area contributed by atoms with E-state index in [9.17, 15) is 13.6 Å². The molecule has 1 saturated heterocycles. The van der Waals surface area contributed by atoms with E-state index in [-0.39, 0.29) is 23.6 Å². The van der Waals surface area contributed by atoms with E-state index in [0.29, 0.717) is 16.9 Å². The molecule has 0 aliphatic carbocycles. The van der Waals surface area contributed by atoms with Gasteiger partial charge < -0.3 is 9.64 Å². The average molecular weight is 372 g/mol. The summed E-state index contributed by atoms with van der Waals surface area (Å²) in [6.45, 7) is 4.63. The summed E-state index contributed by atoms with van der Waals surface area (Å²) in [5.41, 5.74) is 1.31. The molecule has 2 aromatic rings. The van der Waals surface area contributed by atoms with Gasteiger partial charge in [-0.25, -0.2) is 8.78 Å². The molecule has 4 rings (SSSR count). The molecule has 2 aliphatic rings. The smallest absolute Gasteiger partial charge is 0.257 e. The van der Waals surface area contributed by atoms with Crippen LogP contribution in [0.5, 0.6) is 5.75 Å². The normalized spacial score (nSPS) is 22.2. The number of halogens is 2. The van der Waals surface area contributed by atoms with Crippen LogP contribution in [0.15, 0.2) is 36.4 Å². The maximum Gasteiger partial charge on any atom is 0.257 e. The molecule has 2 heterocycles. The van der Waals surface area contributed by atoms with Gasteiger partial charge >= 0.3 is 0 Å². The molecule has 4 nitrogen and oxygen atoms in total. The summed E-state index contributed by atoms with van der Waals surface area (Å²) < 4.78 is 33.6. The first kappa shape index (κ1) is 17.9. The van der Waals surface area contributed by atoms with Crippen LogP contribution in [-0.2, 0) is 0 Å². The van der Waals surface area contributed by atoms with Gasteiger partial charge in [0.25, 0.3) is 5.91 Å². The number of likely N-dealkylation sites (N-methyl/N-ethyl adjacent to an activating group) is 1. The van der Waals surface area contributed by atoms with E-state index in [0.717, 1.165) is 32.1 Å². The van der Waals surface area contributed by atoms with Gasteiger partial charge in [0.2, 0.25) is 0 Å². The Hall–Kier alpha value is -2.47. The highest BCUT2D eigenvalue weighted by Crippen LogP contribution is 2.35. The number of carbonyl (C=O) groups is 1. The summed E-state index contributed by atoms with van der Waals surface area (Å²) in [4.78, 5) is 17.0. The molecule has 2 aromatic carbocycles. The molecule has 0 unspecified atom stereocenters. The molecular formula is C21H22F2N2O2. The Morgan fingerprint density at radius 1 is 1.11 bits per heavy atom. The minimum absolute atomic E-state index is 0.0116. The van der Waals surface area contributed by atoms with Crippen LogP contribution < -0.4 is 4.74 Å². The van der Waals surface area contributed by atoms with Crippen molar-refractivity contribution in [2.75, 3.05) is 26.7 Å². The molecule has 0 bridgehead atoms. The number of carbonyl (C=O) groups excluding carboxylic acids is 1. The average Bonchev–Trinajstić information content (AvgIpc) is 2.99. The zero-order valence-corrected chi connectivity index (χ0v) is 15.4. The van der Waals surface area contributed by atoms with Crippen LogP contribution >= 0.6 is 0 Å². The number of amides is 1. The lowest BCUT2D eigenvalue weighted by atomic mass is 10.0. The first-order valence-corrected chi connectivity index (χ1v) is 9.23. The van der Waals surface area contributed by atoms with Crippen LogP contribution in [0.25, 0.3) is 11.1 Å². The van der Waals surface area contributed by atoms with Crippen LogP contribution in [0.2, 0.25) is 0 Å². The second kappa shape index (κ2) is 6.93. The lowest BCUT2D eigenvalue weighted by molar-refractivity contribution is 0.0682. The molecule has 2 atom stereocenters. The second-order valence-electron chi connectivity index (χ2n) is 7.23. The van der Waals surface area contributed by atoms with E-state index in [2.05, 4.69) is 11.8 Å². The van der Waals surface area contributed by atoms with Gasteiger partial charge in [0.15, 0.2) is 0 Å². The molecule has 0 spiro atoms. The summed E-state index contributed by atoms with van der Waals surface area (Å²) in [6.07, 6.45) is 0.918. The second-order valence-corrected chi connectivity index (χ2v) is 7.23. The zero-order valence-electron chi connectivity index (χ0n) is 15.4. The predicted octanol–water partition coefficient (Wildman–Crippen LogP) is 3.56. The summed E-state index contributed by atoms with van der Waals surface area (Å²) in [5.74, 6) is -0.898. The molecule has 2 aliphatic heterocycles. The molecule has 6 heteroatoms. The Morgan fingerprint density at radius 2 is 1.89 bits per heavy atom. The van der Waals surface area contributed by atoms with E-state index >= 15 is 0 Å². The van der Waals surface area contributed by atoms with E-state index in [4.69, 9.17) is 4.74 Å². The van der Waals surface area contributed by atoms with Gasteiger partial charge in [0.05, 0.1) is 11.6 Å². The van der Waals surface area contributed by atoms with Gasteiger partial charge in [-0.05, 0) is 42.8 Å². The summed E-state index contributed by atoms with van der Waals surface area (Å²) in [7, 11) is 1.81. The van der Waals surface area contributed by atoms with Crippen molar-refractivity contribution >= 4 is 5.91 Å². The minimum Gasteiger partial charge on any atom is -0.486 e. The van der Waals surface area contributed by atoms with Crippen LogP contribution in [0.1, 0.15) is 23.7 Å². The monoisotopic (exact) mass is 372 g/mol. The third-order valence-corrected chi connectivity index (χ3v) is 5.40. The van der Waals surface area contributed by atoms with Crippen molar-refractivity contribution in [1.29, 1.82) is 0 Å². The van der Waals surface area contributed by atoms with Crippen LogP contribution in [0.3, 0.4) is 0 Å².